The maximum atomic E-state index is 12.4. The molecule has 0 radical (unpaired) electrons. The van der Waals surface area contributed by atoms with Crippen LogP contribution in [0, 0.1) is 0 Å². The molecule has 1 aliphatic rings. The molecule has 1 fully saturated rings. The van der Waals surface area contributed by atoms with Crippen molar-refractivity contribution >= 4 is 39.3 Å². The van der Waals surface area contributed by atoms with Crippen LogP contribution in [0.15, 0.2) is 48.5 Å². The summed E-state index contributed by atoms with van der Waals surface area (Å²) >= 11 is 7.84. The third-order valence-electron chi connectivity index (χ3n) is 4.77. The molecule has 1 saturated heterocycles. The molecule has 156 valence electrons. The van der Waals surface area contributed by atoms with Gasteiger partial charge in [-0.05, 0) is 42.2 Å². The van der Waals surface area contributed by atoms with E-state index in [2.05, 4.69) is 5.32 Å². The highest BCUT2D eigenvalue weighted by Gasteiger charge is 2.25. The molecular formula is C21H25ClN2O3S2. The lowest BCUT2D eigenvalue weighted by molar-refractivity contribution is 0.0956. The summed E-state index contributed by atoms with van der Waals surface area (Å²) in [5.74, 6) is 1.41. The van der Waals surface area contributed by atoms with Crippen molar-refractivity contribution in [2.45, 2.75) is 24.3 Å². The zero-order valence-corrected chi connectivity index (χ0v) is 18.5. The van der Waals surface area contributed by atoms with Crippen LogP contribution in [0.4, 0.5) is 0 Å². The summed E-state index contributed by atoms with van der Waals surface area (Å²) in [5, 5.41) is 3.65. The Morgan fingerprint density at radius 1 is 1.07 bits per heavy atom. The monoisotopic (exact) mass is 452 g/mol. The number of benzene rings is 2. The quantitative estimate of drug-likeness (QED) is 0.585. The summed E-state index contributed by atoms with van der Waals surface area (Å²) in [7, 11) is -3.27. The van der Waals surface area contributed by atoms with Crippen molar-refractivity contribution in [1.29, 1.82) is 0 Å². The van der Waals surface area contributed by atoms with E-state index in [1.807, 2.05) is 24.3 Å². The smallest absolute Gasteiger partial charge is 0.251 e. The fourth-order valence-electron chi connectivity index (χ4n) is 3.16. The first kappa shape index (κ1) is 22.2. The number of sulfonamides is 1. The zero-order chi connectivity index (χ0) is 20.7. The van der Waals surface area contributed by atoms with E-state index >= 15 is 0 Å². The number of carbonyl (C=O) groups is 1. The number of hydrogen-bond acceptors (Lipinski definition) is 4. The summed E-state index contributed by atoms with van der Waals surface area (Å²) in [6, 6.07) is 14.5. The summed E-state index contributed by atoms with van der Waals surface area (Å²) in [4.78, 5) is 12.3. The third kappa shape index (κ3) is 6.47. The molecule has 1 aliphatic heterocycles. The Labute approximate surface area is 181 Å². The summed E-state index contributed by atoms with van der Waals surface area (Å²) in [6.45, 7) is 1.77. The maximum absolute atomic E-state index is 12.4. The van der Waals surface area contributed by atoms with Crippen LogP contribution < -0.4 is 5.32 Å². The molecule has 0 saturated carbocycles. The number of thioether (sulfide) groups is 1. The van der Waals surface area contributed by atoms with E-state index in [9.17, 15) is 13.2 Å². The van der Waals surface area contributed by atoms with Crippen molar-refractivity contribution < 1.29 is 13.2 Å². The van der Waals surface area contributed by atoms with Crippen LogP contribution in [-0.4, -0.2) is 44.0 Å². The molecular weight excluding hydrogens is 428 g/mol. The number of nitrogens with one attached hydrogen (secondary N) is 1. The normalized spacial score (nSPS) is 14.8. The van der Waals surface area contributed by atoms with Crippen molar-refractivity contribution in [1.82, 2.24) is 9.62 Å². The molecule has 0 aliphatic carbocycles. The second kappa shape index (κ2) is 10.5. The van der Waals surface area contributed by atoms with E-state index in [1.165, 1.54) is 0 Å². The van der Waals surface area contributed by atoms with E-state index in [4.69, 9.17) is 11.6 Å². The fraction of sp³-hybridized carbons (Fsp3) is 0.381. The first-order chi connectivity index (χ1) is 14.0. The summed E-state index contributed by atoms with van der Waals surface area (Å²) in [5.41, 5.74) is 2.32. The Bertz CT molecular complexity index is 927. The average molecular weight is 453 g/mol. The third-order valence-corrected chi connectivity index (χ3v) is 8.00. The summed E-state index contributed by atoms with van der Waals surface area (Å²) < 4.78 is 26.3. The molecule has 0 aromatic heterocycles. The number of rotatable bonds is 9. The Morgan fingerprint density at radius 3 is 2.45 bits per heavy atom. The first-order valence-corrected chi connectivity index (χ1v) is 12.8. The molecule has 0 unspecified atom stereocenters. The summed E-state index contributed by atoms with van der Waals surface area (Å²) in [6.07, 6.45) is 1.85. The van der Waals surface area contributed by atoms with Gasteiger partial charge in [0, 0.05) is 41.7 Å². The molecule has 0 atom stereocenters. The van der Waals surface area contributed by atoms with Crippen molar-refractivity contribution in [2.75, 3.05) is 25.4 Å². The van der Waals surface area contributed by atoms with Crippen LogP contribution >= 0.6 is 23.4 Å². The minimum atomic E-state index is -3.27. The lowest BCUT2D eigenvalue weighted by atomic mass is 10.1. The highest BCUT2D eigenvalue weighted by atomic mass is 35.5. The van der Waals surface area contributed by atoms with E-state index in [-0.39, 0.29) is 11.7 Å². The molecule has 2 aromatic rings. The molecule has 5 nitrogen and oxygen atoms in total. The van der Waals surface area contributed by atoms with Gasteiger partial charge in [-0.2, -0.15) is 11.8 Å². The van der Waals surface area contributed by atoms with E-state index in [0.717, 1.165) is 34.9 Å². The number of carbonyl (C=O) groups excluding carboxylic acids is 1. The molecule has 1 N–H and O–H groups in total. The fourth-order valence-corrected chi connectivity index (χ4v) is 5.91. The lowest BCUT2D eigenvalue weighted by Gasteiger charge is -2.15. The SMILES string of the molecule is O=C(NCCSCc1ccccc1Cl)c1ccc(CS(=O)(=O)N2CCCC2)cc1. The Kier molecular flexibility index (Phi) is 8.00. The molecule has 1 amide bonds. The molecule has 3 rings (SSSR count). The maximum Gasteiger partial charge on any atom is 0.251 e. The second-order valence-electron chi connectivity index (χ2n) is 6.96. The lowest BCUT2D eigenvalue weighted by Crippen LogP contribution is -2.29. The molecule has 2 aromatic carbocycles. The Morgan fingerprint density at radius 2 is 1.76 bits per heavy atom. The van der Waals surface area contributed by atoms with Gasteiger partial charge in [-0.1, -0.05) is 41.9 Å². The van der Waals surface area contributed by atoms with Gasteiger partial charge in [-0.15, -0.1) is 0 Å². The van der Waals surface area contributed by atoms with Gasteiger partial charge in [-0.3, -0.25) is 4.79 Å². The minimum absolute atomic E-state index is 0.0203. The first-order valence-electron chi connectivity index (χ1n) is 9.62. The Hall–Kier alpha value is -1.54. The van der Waals surface area contributed by atoms with Crippen molar-refractivity contribution in [3.8, 4) is 0 Å². The van der Waals surface area contributed by atoms with E-state index in [0.29, 0.717) is 30.8 Å². The van der Waals surface area contributed by atoms with Gasteiger partial charge < -0.3 is 5.32 Å². The predicted molar refractivity (Wildman–Crippen MR) is 120 cm³/mol. The Balaban J connectivity index is 1.42. The molecule has 29 heavy (non-hydrogen) atoms. The molecule has 1 heterocycles. The number of nitrogens with zero attached hydrogens (tertiary/aromatic N) is 1. The largest absolute Gasteiger partial charge is 0.351 e. The van der Waals surface area contributed by atoms with Crippen LogP contribution in [0.3, 0.4) is 0 Å². The van der Waals surface area contributed by atoms with E-state index < -0.39 is 10.0 Å². The van der Waals surface area contributed by atoms with Gasteiger partial charge in [0.1, 0.15) is 0 Å². The van der Waals surface area contributed by atoms with Gasteiger partial charge in [0.15, 0.2) is 0 Å². The van der Waals surface area contributed by atoms with Crippen LogP contribution in [0.1, 0.15) is 34.3 Å². The molecule has 8 heteroatoms. The molecule has 0 bridgehead atoms. The second-order valence-corrected chi connectivity index (χ2v) is 10.4. The number of hydrogen-bond donors (Lipinski definition) is 1. The van der Waals surface area contributed by atoms with Gasteiger partial charge in [0.25, 0.3) is 5.91 Å². The van der Waals surface area contributed by atoms with Crippen LogP contribution in [-0.2, 0) is 21.5 Å². The highest BCUT2D eigenvalue weighted by molar-refractivity contribution is 7.98. The molecule has 0 spiro atoms. The van der Waals surface area contributed by atoms with E-state index in [1.54, 1.807) is 40.3 Å². The average Bonchev–Trinajstić information content (AvgIpc) is 3.25. The standard InChI is InChI=1S/C21H25ClN2O3S2/c22-20-6-2-1-5-19(20)15-28-14-11-23-21(25)18-9-7-17(8-10-18)16-29(26,27)24-12-3-4-13-24/h1-2,5-10H,3-4,11-16H2,(H,23,25). The van der Waals surface area contributed by atoms with Crippen LogP contribution in [0.2, 0.25) is 5.02 Å². The van der Waals surface area contributed by atoms with Gasteiger partial charge in [0.05, 0.1) is 5.75 Å². The van der Waals surface area contributed by atoms with Crippen LogP contribution in [0.5, 0.6) is 0 Å². The van der Waals surface area contributed by atoms with Gasteiger partial charge in [-0.25, -0.2) is 12.7 Å². The highest BCUT2D eigenvalue weighted by Crippen LogP contribution is 2.20. The minimum Gasteiger partial charge on any atom is -0.351 e. The number of amides is 1. The van der Waals surface area contributed by atoms with Crippen molar-refractivity contribution in [3.05, 3.63) is 70.2 Å². The van der Waals surface area contributed by atoms with Crippen LogP contribution in [0.25, 0.3) is 0 Å². The van der Waals surface area contributed by atoms with Gasteiger partial charge in [0.2, 0.25) is 10.0 Å². The van der Waals surface area contributed by atoms with Crippen molar-refractivity contribution in [3.63, 3.8) is 0 Å². The number of halogens is 1. The topological polar surface area (TPSA) is 66.5 Å². The van der Waals surface area contributed by atoms with Gasteiger partial charge >= 0.3 is 0 Å². The predicted octanol–water partition coefficient (Wildman–Crippen LogP) is 3.93. The van der Waals surface area contributed by atoms with Crippen molar-refractivity contribution in [2.24, 2.45) is 0 Å². The zero-order valence-electron chi connectivity index (χ0n) is 16.1.